The lowest BCUT2D eigenvalue weighted by Gasteiger charge is -2.38. The Kier molecular flexibility index (Phi) is 6.49. The van der Waals surface area contributed by atoms with E-state index in [4.69, 9.17) is 23.2 Å². The van der Waals surface area contributed by atoms with Crippen LogP contribution in [0.25, 0.3) is 0 Å². The van der Waals surface area contributed by atoms with Gasteiger partial charge in [0, 0.05) is 47.8 Å². The predicted octanol–water partition coefficient (Wildman–Crippen LogP) is 3.12. The van der Waals surface area contributed by atoms with E-state index in [9.17, 15) is 9.59 Å². The summed E-state index contributed by atoms with van der Waals surface area (Å²) in [5.74, 6) is 0.0575. The fourth-order valence-electron chi connectivity index (χ4n) is 2.73. The van der Waals surface area contributed by atoms with Crippen molar-refractivity contribution in [1.29, 1.82) is 0 Å². The van der Waals surface area contributed by atoms with Gasteiger partial charge in [0.1, 0.15) is 0 Å². The molecule has 2 amide bonds. The van der Waals surface area contributed by atoms with Crippen LogP contribution in [0.2, 0.25) is 10.0 Å². The second kappa shape index (κ2) is 8.19. The second-order valence-electron chi connectivity index (χ2n) is 6.34. The molecule has 0 saturated carbocycles. The van der Waals surface area contributed by atoms with Crippen LogP contribution in [0.1, 0.15) is 20.8 Å². The van der Waals surface area contributed by atoms with Crippen molar-refractivity contribution < 1.29 is 9.59 Å². The first-order valence-electron chi connectivity index (χ1n) is 8.07. The predicted molar refractivity (Wildman–Crippen MR) is 97.5 cm³/mol. The first-order valence-corrected chi connectivity index (χ1v) is 8.83. The van der Waals surface area contributed by atoms with E-state index in [-0.39, 0.29) is 23.8 Å². The zero-order valence-electron chi connectivity index (χ0n) is 14.2. The molecule has 1 aliphatic rings. The topological polar surface area (TPSA) is 52.7 Å². The molecule has 1 heterocycles. The zero-order chi connectivity index (χ0) is 17.9. The Morgan fingerprint density at radius 1 is 1.00 bits per heavy atom. The van der Waals surface area contributed by atoms with E-state index in [1.165, 1.54) is 0 Å². The number of amides is 2. The van der Waals surface area contributed by atoms with Crippen LogP contribution >= 0.6 is 23.2 Å². The highest BCUT2D eigenvalue weighted by molar-refractivity contribution is 6.35. The highest BCUT2D eigenvalue weighted by Crippen LogP contribution is 2.23. The average Bonchev–Trinajstić information content (AvgIpc) is 2.52. The van der Waals surface area contributed by atoms with Crippen molar-refractivity contribution in [3.63, 3.8) is 0 Å². The van der Waals surface area contributed by atoms with Crippen LogP contribution in [0.15, 0.2) is 18.2 Å². The Bertz CT molecular complexity index is 594. The van der Waals surface area contributed by atoms with Crippen LogP contribution in [-0.2, 0) is 9.59 Å². The summed E-state index contributed by atoms with van der Waals surface area (Å²) in [5, 5.41) is 3.80. The van der Waals surface area contributed by atoms with Crippen LogP contribution in [0.3, 0.4) is 0 Å². The zero-order valence-corrected chi connectivity index (χ0v) is 15.7. The van der Waals surface area contributed by atoms with Gasteiger partial charge in [-0.05, 0) is 25.1 Å². The van der Waals surface area contributed by atoms with Gasteiger partial charge < -0.3 is 10.2 Å². The Morgan fingerprint density at radius 2 is 1.54 bits per heavy atom. The molecule has 1 fully saturated rings. The maximum Gasteiger partial charge on any atom is 0.241 e. The van der Waals surface area contributed by atoms with Gasteiger partial charge in [0.15, 0.2) is 0 Å². The number of halogens is 2. The van der Waals surface area contributed by atoms with E-state index >= 15 is 0 Å². The number of rotatable bonds is 4. The van der Waals surface area contributed by atoms with E-state index in [0.717, 1.165) is 0 Å². The molecule has 1 aromatic rings. The van der Waals surface area contributed by atoms with E-state index < -0.39 is 0 Å². The molecule has 1 aliphatic heterocycles. The first kappa shape index (κ1) is 19.0. The number of carbonyl (C=O) groups is 2. The number of anilines is 1. The Labute approximate surface area is 152 Å². The molecular formula is C17H23Cl2N3O2. The van der Waals surface area contributed by atoms with Crippen molar-refractivity contribution >= 4 is 40.7 Å². The fourth-order valence-corrected chi connectivity index (χ4v) is 3.26. The van der Waals surface area contributed by atoms with E-state index in [1.807, 2.05) is 25.7 Å². The van der Waals surface area contributed by atoms with Crippen molar-refractivity contribution in [2.45, 2.75) is 26.8 Å². The summed E-state index contributed by atoms with van der Waals surface area (Å²) in [6.07, 6.45) is 0. The second-order valence-corrected chi connectivity index (χ2v) is 7.21. The molecule has 1 N–H and O–H groups in total. The summed E-state index contributed by atoms with van der Waals surface area (Å²) in [7, 11) is 0. The van der Waals surface area contributed by atoms with Gasteiger partial charge in [-0.15, -0.1) is 0 Å². The van der Waals surface area contributed by atoms with Gasteiger partial charge in [-0.2, -0.15) is 0 Å². The molecule has 5 nitrogen and oxygen atoms in total. The molecule has 1 atom stereocenters. The largest absolute Gasteiger partial charge is 0.340 e. The number of nitrogens with zero attached hydrogens (tertiary/aromatic N) is 2. The fraction of sp³-hybridized carbons (Fsp3) is 0.529. The summed E-state index contributed by atoms with van der Waals surface area (Å²) in [6, 6.07) is 4.65. The third-order valence-corrected chi connectivity index (χ3v) is 4.61. The van der Waals surface area contributed by atoms with Crippen LogP contribution in [-0.4, -0.2) is 53.8 Å². The molecule has 0 spiro atoms. The van der Waals surface area contributed by atoms with Gasteiger partial charge in [0.25, 0.3) is 0 Å². The summed E-state index contributed by atoms with van der Waals surface area (Å²) in [5.41, 5.74) is 0.581. The number of benzene rings is 1. The number of hydrogen-bond donors (Lipinski definition) is 1. The number of hydrogen-bond acceptors (Lipinski definition) is 3. The van der Waals surface area contributed by atoms with Crippen molar-refractivity contribution in [2.24, 2.45) is 5.92 Å². The summed E-state index contributed by atoms with van der Waals surface area (Å²) >= 11 is 11.9. The summed E-state index contributed by atoms with van der Waals surface area (Å²) in [4.78, 5) is 28.4. The molecule has 132 valence electrons. The maximum atomic E-state index is 12.4. The van der Waals surface area contributed by atoms with Crippen molar-refractivity contribution in [3.05, 3.63) is 28.2 Å². The average molecular weight is 372 g/mol. The summed E-state index contributed by atoms with van der Waals surface area (Å²) in [6.45, 7) is 8.34. The SMILES string of the molecule is CC(C)C(=O)N1CCN([C@H](C)C(=O)Nc2cc(Cl)cc(Cl)c2)CC1. The highest BCUT2D eigenvalue weighted by atomic mass is 35.5. The quantitative estimate of drug-likeness (QED) is 0.884. The van der Waals surface area contributed by atoms with Crippen LogP contribution in [0.5, 0.6) is 0 Å². The molecule has 1 aromatic carbocycles. The van der Waals surface area contributed by atoms with E-state index in [2.05, 4.69) is 10.2 Å². The molecule has 24 heavy (non-hydrogen) atoms. The lowest BCUT2D eigenvalue weighted by Crippen LogP contribution is -2.54. The lowest BCUT2D eigenvalue weighted by atomic mass is 10.1. The smallest absolute Gasteiger partial charge is 0.241 e. The Balaban J connectivity index is 1.91. The third-order valence-electron chi connectivity index (χ3n) is 4.18. The monoisotopic (exact) mass is 371 g/mol. The molecule has 0 aromatic heterocycles. The molecule has 0 unspecified atom stereocenters. The van der Waals surface area contributed by atoms with Gasteiger partial charge in [0.2, 0.25) is 11.8 Å². The van der Waals surface area contributed by atoms with Crippen molar-refractivity contribution in [3.8, 4) is 0 Å². The third kappa shape index (κ3) is 4.85. The molecule has 0 aliphatic carbocycles. The minimum Gasteiger partial charge on any atom is -0.340 e. The first-order chi connectivity index (χ1) is 11.3. The molecule has 2 rings (SSSR count). The Morgan fingerprint density at radius 3 is 2.04 bits per heavy atom. The maximum absolute atomic E-state index is 12.4. The number of piperazine rings is 1. The number of nitrogens with one attached hydrogen (secondary N) is 1. The normalized spacial score (nSPS) is 17.0. The lowest BCUT2D eigenvalue weighted by molar-refractivity contribution is -0.136. The van der Waals surface area contributed by atoms with E-state index in [0.29, 0.717) is 41.9 Å². The molecule has 0 radical (unpaired) electrons. The highest BCUT2D eigenvalue weighted by Gasteiger charge is 2.28. The molecule has 7 heteroatoms. The van der Waals surface area contributed by atoms with Crippen LogP contribution in [0.4, 0.5) is 5.69 Å². The van der Waals surface area contributed by atoms with Crippen molar-refractivity contribution in [1.82, 2.24) is 9.80 Å². The van der Waals surface area contributed by atoms with Crippen LogP contribution in [0, 0.1) is 5.92 Å². The minimum absolute atomic E-state index is 0.00449. The molecule has 1 saturated heterocycles. The van der Waals surface area contributed by atoms with Gasteiger partial charge in [-0.1, -0.05) is 37.0 Å². The molecule has 0 bridgehead atoms. The number of carbonyl (C=O) groups excluding carboxylic acids is 2. The van der Waals surface area contributed by atoms with E-state index in [1.54, 1.807) is 18.2 Å². The minimum atomic E-state index is -0.293. The Hall–Kier alpha value is -1.30. The molecular weight excluding hydrogens is 349 g/mol. The van der Waals surface area contributed by atoms with Gasteiger partial charge in [0.05, 0.1) is 6.04 Å². The van der Waals surface area contributed by atoms with Gasteiger partial charge >= 0.3 is 0 Å². The summed E-state index contributed by atoms with van der Waals surface area (Å²) < 4.78 is 0. The van der Waals surface area contributed by atoms with Crippen molar-refractivity contribution in [2.75, 3.05) is 31.5 Å². The van der Waals surface area contributed by atoms with Crippen LogP contribution < -0.4 is 5.32 Å². The van der Waals surface area contributed by atoms with Gasteiger partial charge in [-0.3, -0.25) is 14.5 Å². The van der Waals surface area contributed by atoms with Gasteiger partial charge in [-0.25, -0.2) is 0 Å². The standard InChI is InChI=1S/C17H23Cl2N3O2/c1-11(2)17(24)22-6-4-21(5-7-22)12(3)16(23)20-15-9-13(18)8-14(19)10-15/h8-12H,4-7H2,1-3H3,(H,20,23)/t12-/m1/s1.